The molecule has 0 aromatic heterocycles. The highest BCUT2D eigenvalue weighted by Crippen LogP contribution is 2.37. The third-order valence-corrected chi connectivity index (χ3v) is 4.56. The van der Waals surface area contributed by atoms with E-state index in [0.29, 0.717) is 16.9 Å². The van der Waals surface area contributed by atoms with Crippen LogP contribution in [0.4, 0.5) is 0 Å². The fourth-order valence-corrected chi connectivity index (χ4v) is 1.94. The molecule has 0 saturated heterocycles. The predicted octanol–water partition coefficient (Wildman–Crippen LogP) is 2.95. The number of aliphatic hydroxyl groups excluding tert-OH is 1. The van der Waals surface area contributed by atoms with Gasteiger partial charge in [0.2, 0.25) is 0 Å². The van der Waals surface area contributed by atoms with E-state index in [1.807, 2.05) is 0 Å². The quantitative estimate of drug-likeness (QED) is 0.777. The molecule has 0 unspecified atom stereocenters. The summed E-state index contributed by atoms with van der Waals surface area (Å²) < 4.78 is 0. The Kier molecular flexibility index (Phi) is 4.42. The zero-order chi connectivity index (χ0) is 12.4. The second-order valence-corrected chi connectivity index (χ2v) is 7.02. The van der Waals surface area contributed by atoms with Crippen LogP contribution >= 0.6 is 0 Å². The molecule has 0 radical (unpaired) electrons. The van der Waals surface area contributed by atoms with Crippen molar-refractivity contribution in [3.8, 4) is 0 Å². The largest absolute Gasteiger partial charge is 0.393 e. The van der Waals surface area contributed by atoms with Crippen LogP contribution < -0.4 is 5.32 Å². The van der Waals surface area contributed by atoms with E-state index in [-0.39, 0.29) is 6.10 Å². The van der Waals surface area contributed by atoms with Crippen molar-refractivity contribution in [3.63, 3.8) is 0 Å². The summed E-state index contributed by atoms with van der Waals surface area (Å²) in [5.41, 5.74) is 0.636. The number of aliphatic hydroxyl groups is 1. The first-order valence-corrected chi connectivity index (χ1v) is 6.64. The second-order valence-electron chi connectivity index (χ2n) is 7.02. The molecule has 2 heteroatoms. The Bertz CT molecular complexity index is 209. The summed E-state index contributed by atoms with van der Waals surface area (Å²) >= 11 is 0. The van der Waals surface area contributed by atoms with Crippen LogP contribution in [0.5, 0.6) is 0 Å². The first-order valence-electron chi connectivity index (χ1n) is 6.64. The molecule has 0 bridgehead atoms. The lowest BCUT2D eigenvalue weighted by molar-refractivity contribution is 0.0965. The van der Waals surface area contributed by atoms with E-state index in [2.05, 4.69) is 39.9 Å². The van der Waals surface area contributed by atoms with Gasteiger partial charge >= 0.3 is 0 Å². The molecule has 96 valence electrons. The van der Waals surface area contributed by atoms with Gasteiger partial charge < -0.3 is 10.4 Å². The Morgan fingerprint density at radius 1 is 1.00 bits per heavy atom. The number of hydrogen-bond acceptors (Lipinski definition) is 2. The average Bonchev–Trinajstić information content (AvgIpc) is 2.15. The molecular weight excluding hydrogens is 198 g/mol. The predicted molar refractivity (Wildman–Crippen MR) is 69.5 cm³/mol. The molecule has 16 heavy (non-hydrogen) atoms. The third kappa shape index (κ3) is 3.74. The van der Waals surface area contributed by atoms with E-state index in [9.17, 15) is 5.11 Å². The molecule has 0 aromatic carbocycles. The topological polar surface area (TPSA) is 32.3 Å². The highest BCUT2D eigenvalue weighted by Gasteiger charge is 2.33. The lowest BCUT2D eigenvalue weighted by Crippen LogP contribution is -2.44. The van der Waals surface area contributed by atoms with Crippen LogP contribution in [0.25, 0.3) is 0 Å². The van der Waals surface area contributed by atoms with Crippen molar-refractivity contribution in [1.82, 2.24) is 5.32 Å². The Labute approximate surface area is 101 Å². The van der Waals surface area contributed by atoms with E-state index in [0.717, 1.165) is 32.2 Å². The van der Waals surface area contributed by atoms with Gasteiger partial charge in [0.1, 0.15) is 0 Å². The van der Waals surface area contributed by atoms with E-state index < -0.39 is 0 Å². The standard InChI is InChI=1S/C14H29NO/c1-13(2,3)14(4,5)10-15-11-6-8-12(16)9-7-11/h11-12,15-16H,6-10H2,1-5H3. The first-order chi connectivity index (χ1) is 7.22. The van der Waals surface area contributed by atoms with Gasteiger partial charge in [0.05, 0.1) is 6.10 Å². The zero-order valence-electron chi connectivity index (χ0n) is 11.6. The molecule has 1 fully saturated rings. The molecule has 1 rings (SSSR count). The molecule has 2 N–H and O–H groups in total. The van der Waals surface area contributed by atoms with Crippen LogP contribution in [0.2, 0.25) is 0 Å². The number of nitrogens with one attached hydrogen (secondary N) is 1. The van der Waals surface area contributed by atoms with E-state index in [1.165, 1.54) is 0 Å². The fourth-order valence-electron chi connectivity index (χ4n) is 1.94. The van der Waals surface area contributed by atoms with Crippen LogP contribution in [0.15, 0.2) is 0 Å². The number of hydrogen-bond donors (Lipinski definition) is 2. The lowest BCUT2D eigenvalue weighted by Gasteiger charge is -2.40. The highest BCUT2D eigenvalue weighted by molar-refractivity contribution is 4.86. The molecule has 0 heterocycles. The van der Waals surface area contributed by atoms with Crippen molar-refractivity contribution >= 4 is 0 Å². The zero-order valence-corrected chi connectivity index (χ0v) is 11.6. The monoisotopic (exact) mass is 227 g/mol. The van der Waals surface area contributed by atoms with Gasteiger partial charge in [-0.05, 0) is 36.5 Å². The van der Waals surface area contributed by atoms with Crippen molar-refractivity contribution in [2.45, 2.75) is 72.4 Å². The summed E-state index contributed by atoms with van der Waals surface area (Å²) in [7, 11) is 0. The normalized spacial score (nSPS) is 28.1. The maximum atomic E-state index is 9.46. The van der Waals surface area contributed by atoms with E-state index in [1.54, 1.807) is 0 Å². The summed E-state index contributed by atoms with van der Waals surface area (Å²) in [6.45, 7) is 12.6. The van der Waals surface area contributed by atoms with E-state index in [4.69, 9.17) is 0 Å². The van der Waals surface area contributed by atoms with Crippen LogP contribution in [-0.4, -0.2) is 23.8 Å². The van der Waals surface area contributed by atoms with Gasteiger partial charge in [-0.25, -0.2) is 0 Å². The summed E-state index contributed by atoms with van der Waals surface area (Å²) in [6, 6.07) is 0.616. The molecule has 1 aliphatic rings. The SMILES string of the molecule is CC(C)(C)C(C)(C)CNC1CCC(O)CC1. The summed E-state index contributed by atoms with van der Waals surface area (Å²) in [5, 5.41) is 13.1. The molecule has 1 saturated carbocycles. The molecule has 0 aromatic rings. The summed E-state index contributed by atoms with van der Waals surface area (Å²) in [5.74, 6) is 0. The van der Waals surface area contributed by atoms with Gasteiger partial charge in [0.15, 0.2) is 0 Å². The second kappa shape index (κ2) is 5.05. The molecule has 0 aliphatic heterocycles. The van der Waals surface area contributed by atoms with Crippen LogP contribution in [0.3, 0.4) is 0 Å². The van der Waals surface area contributed by atoms with Crippen molar-refractivity contribution in [1.29, 1.82) is 0 Å². The van der Waals surface area contributed by atoms with Crippen molar-refractivity contribution in [2.24, 2.45) is 10.8 Å². The Morgan fingerprint density at radius 2 is 1.50 bits per heavy atom. The van der Waals surface area contributed by atoms with Gasteiger partial charge in [-0.3, -0.25) is 0 Å². The van der Waals surface area contributed by atoms with Gasteiger partial charge in [-0.1, -0.05) is 34.6 Å². The van der Waals surface area contributed by atoms with Gasteiger partial charge in [0, 0.05) is 12.6 Å². The molecule has 0 atom stereocenters. The highest BCUT2D eigenvalue weighted by atomic mass is 16.3. The Morgan fingerprint density at radius 3 is 1.94 bits per heavy atom. The van der Waals surface area contributed by atoms with Gasteiger partial charge in [-0.15, -0.1) is 0 Å². The molecule has 2 nitrogen and oxygen atoms in total. The van der Waals surface area contributed by atoms with E-state index >= 15 is 0 Å². The first kappa shape index (κ1) is 14.0. The summed E-state index contributed by atoms with van der Waals surface area (Å²) in [6.07, 6.45) is 4.14. The maximum absolute atomic E-state index is 9.46. The molecule has 0 amide bonds. The molecule has 1 aliphatic carbocycles. The van der Waals surface area contributed by atoms with Crippen molar-refractivity contribution < 1.29 is 5.11 Å². The van der Waals surface area contributed by atoms with Crippen molar-refractivity contribution in [2.75, 3.05) is 6.54 Å². The molecule has 0 spiro atoms. The van der Waals surface area contributed by atoms with Gasteiger partial charge in [-0.2, -0.15) is 0 Å². The van der Waals surface area contributed by atoms with Crippen LogP contribution in [0, 0.1) is 10.8 Å². The fraction of sp³-hybridized carbons (Fsp3) is 1.00. The third-order valence-electron chi connectivity index (χ3n) is 4.56. The molecular formula is C14H29NO. The number of rotatable bonds is 3. The minimum atomic E-state index is -0.0475. The van der Waals surface area contributed by atoms with Crippen LogP contribution in [-0.2, 0) is 0 Å². The Balaban J connectivity index is 2.34. The minimum absolute atomic E-state index is 0.0475. The average molecular weight is 227 g/mol. The Hall–Kier alpha value is -0.0800. The maximum Gasteiger partial charge on any atom is 0.0541 e. The van der Waals surface area contributed by atoms with Crippen molar-refractivity contribution in [3.05, 3.63) is 0 Å². The van der Waals surface area contributed by atoms with Gasteiger partial charge in [0.25, 0.3) is 0 Å². The lowest BCUT2D eigenvalue weighted by atomic mass is 9.69. The van der Waals surface area contributed by atoms with Crippen LogP contribution in [0.1, 0.15) is 60.3 Å². The smallest absolute Gasteiger partial charge is 0.0541 e. The minimum Gasteiger partial charge on any atom is -0.393 e. The summed E-state index contributed by atoms with van der Waals surface area (Å²) in [4.78, 5) is 0.